The maximum atomic E-state index is 12.7. The topological polar surface area (TPSA) is 38.9 Å². The third-order valence-electron chi connectivity index (χ3n) is 1.30. The molecule has 4 heteroatoms. The van der Waals surface area contributed by atoms with Gasteiger partial charge in [-0.3, -0.25) is 4.98 Å². The highest BCUT2D eigenvalue weighted by molar-refractivity contribution is 6.31. The Bertz CT molecular complexity index is 263. The molecule has 0 saturated heterocycles. The van der Waals surface area contributed by atoms with Crippen LogP contribution in [0.3, 0.4) is 0 Å². The minimum atomic E-state index is -0.478. The standard InChI is InChI=1S/C7H8ClFN2/c1-4(10)7-6(8)5(9)2-3-11-7/h2-4H,10H2,1H3/t4-/m1/s1. The van der Waals surface area contributed by atoms with Crippen molar-refractivity contribution >= 4 is 11.6 Å². The van der Waals surface area contributed by atoms with Crippen molar-refractivity contribution < 1.29 is 4.39 Å². The van der Waals surface area contributed by atoms with Gasteiger partial charge in [0.1, 0.15) is 5.82 Å². The van der Waals surface area contributed by atoms with Crippen molar-refractivity contribution in [3.05, 3.63) is 28.8 Å². The molecule has 1 heterocycles. The van der Waals surface area contributed by atoms with Gasteiger partial charge in [-0.15, -0.1) is 0 Å². The molecular weight excluding hydrogens is 167 g/mol. The number of nitrogens with two attached hydrogens (primary N) is 1. The van der Waals surface area contributed by atoms with Crippen LogP contribution in [0.15, 0.2) is 12.3 Å². The number of hydrogen-bond acceptors (Lipinski definition) is 2. The Morgan fingerprint density at radius 2 is 2.36 bits per heavy atom. The molecule has 0 amide bonds. The number of aromatic nitrogens is 1. The summed E-state index contributed by atoms with van der Waals surface area (Å²) in [5.41, 5.74) is 5.86. The number of rotatable bonds is 1. The zero-order chi connectivity index (χ0) is 8.43. The second-order valence-electron chi connectivity index (χ2n) is 2.28. The summed E-state index contributed by atoms with van der Waals surface area (Å²) in [6, 6.07) is 0.868. The molecule has 0 fully saturated rings. The number of pyridine rings is 1. The zero-order valence-corrected chi connectivity index (χ0v) is 6.77. The van der Waals surface area contributed by atoms with E-state index in [4.69, 9.17) is 17.3 Å². The highest BCUT2D eigenvalue weighted by atomic mass is 35.5. The first-order chi connectivity index (χ1) is 5.13. The second-order valence-corrected chi connectivity index (χ2v) is 2.66. The van der Waals surface area contributed by atoms with Crippen molar-refractivity contribution in [2.75, 3.05) is 0 Å². The molecule has 0 radical (unpaired) electrons. The van der Waals surface area contributed by atoms with Crippen molar-refractivity contribution in [3.8, 4) is 0 Å². The fraction of sp³-hybridized carbons (Fsp3) is 0.286. The molecule has 2 nitrogen and oxygen atoms in total. The Labute approximate surface area is 69.2 Å². The van der Waals surface area contributed by atoms with Crippen molar-refractivity contribution in [2.24, 2.45) is 5.73 Å². The molecule has 11 heavy (non-hydrogen) atoms. The fourth-order valence-electron chi connectivity index (χ4n) is 0.753. The lowest BCUT2D eigenvalue weighted by Crippen LogP contribution is -2.08. The Morgan fingerprint density at radius 1 is 1.73 bits per heavy atom. The van der Waals surface area contributed by atoms with Crippen LogP contribution in [-0.2, 0) is 0 Å². The fourth-order valence-corrected chi connectivity index (χ4v) is 1.04. The summed E-state index contributed by atoms with van der Waals surface area (Å²) in [5.74, 6) is -0.478. The van der Waals surface area contributed by atoms with Crippen LogP contribution in [0.4, 0.5) is 4.39 Å². The van der Waals surface area contributed by atoms with Crippen LogP contribution in [0, 0.1) is 5.82 Å². The third kappa shape index (κ3) is 1.67. The van der Waals surface area contributed by atoms with Crippen LogP contribution >= 0.6 is 11.6 Å². The molecule has 1 aromatic heterocycles. The maximum Gasteiger partial charge on any atom is 0.145 e. The molecule has 0 saturated carbocycles. The van der Waals surface area contributed by atoms with Gasteiger partial charge >= 0.3 is 0 Å². The van der Waals surface area contributed by atoms with E-state index in [0.717, 1.165) is 0 Å². The summed E-state index contributed by atoms with van der Waals surface area (Å²) < 4.78 is 12.7. The van der Waals surface area contributed by atoms with Crippen molar-refractivity contribution in [2.45, 2.75) is 13.0 Å². The van der Waals surface area contributed by atoms with Gasteiger partial charge < -0.3 is 5.73 Å². The quantitative estimate of drug-likeness (QED) is 0.706. The van der Waals surface area contributed by atoms with Crippen LogP contribution in [-0.4, -0.2) is 4.98 Å². The largest absolute Gasteiger partial charge is 0.323 e. The van der Waals surface area contributed by atoms with Gasteiger partial charge in [0.05, 0.1) is 10.7 Å². The monoisotopic (exact) mass is 174 g/mol. The first-order valence-corrected chi connectivity index (χ1v) is 3.56. The second kappa shape index (κ2) is 3.15. The van der Waals surface area contributed by atoms with Gasteiger partial charge in [-0.1, -0.05) is 11.6 Å². The lowest BCUT2D eigenvalue weighted by molar-refractivity contribution is 0.617. The molecular formula is C7H8ClFN2. The van der Waals surface area contributed by atoms with Crippen LogP contribution in [0.5, 0.6) is 0 Å². The summed E-state index contributed by atoms with van der Waals surface area (Å²) in [5, 5.41) is 0.0162. The molecule has 1 aromatic rings. The van der Waals surface area contributed by atoms with E-state index in [2.05, 4.69) is 4.98 Å². The molecule has 0 aliphatic heterocycles. The molecule has 60 valence electrons. The van der Waals surface area contributed by atoms with E-state index in [1.165, 1.54) is 12.3 Å². The average molecular weight is 175 g/mol. The molecule has 0 aromatic carbocycles. The first-order valence-electron chi connectivity index (χ1n) is 3.18. The molecule has 2 N–H and O–H groups in total. The number of hydrogen-bond donors (Lipinski definition) is 1. The first kappa shape index (κ1) is 8.43. The van der Waals surface area contributed by atoms with E-state index in [9.17, 15) is 4.39 Å². The highest BCUT2D eigenvalue weighted by Gasteiger charge is 2.09. The molecule has 1 rings (SSSR count). The van der Waals surface area contributed by atoms with E-state index < -0.39 is 5.82 Å². The van der Waals surface area contributed by atoms with Crippen LogP contribution < -0.4 is 5.73 Å². The van der Waals surface area contributed by atoms with Gasteiger partial charge in [-0.05, 0) is 13.0 Å². The third-order valence-corrected chi connectivity index (χ3v) is 1.67. The number of halogens is 2. The Kier molecular flexibility index (Phi) is 2.42. The Morgan fingerprint density at radius 3 is 2.82 bits per heavy atom. The molecule has 1 atom stereocenters. The zero-order valence-electron chi connectivity index (χ0n) is 6.01. The van der Waals surface area contributed by atoms with Gasteiger partial charge in [-0.2, -0.15) is 0 Å². The summed E-state index contributed by atoms with van der Waals surface area (Å²) in [7, 11) is 0. The van der Waals surface area contributed by atoms with Crippen molar-refractivity contribution in [3.63, 3.8) is 0 Å². The Balaban J connectivity index is 3.17. The van der Waals surface area contributed by atoms with Crippen molar-refractivity contribution in [1.82, 2.24) is 4.98 Å². The van der Waals surface area contributed by atoms with E-state index in [0.29, 0.717) is 5.69 Å². The van der Waals surface area contributed by atoms with Gasteiger partial charge in [-0.25, -0.2) is 4.39 Å². The average Bonchev–Trinajstić information content (AvgIpc) is 1.94. The summed E-state index contributed by atoms with van der Waals surface area (Å²) in [6.07, 6.45) is 1.35. The normalized spacial score (nSPS) is 13.1. The highest BCUT2D eigenvalue weighted by Crippen LogP contribution is 2.21. The van der Waals surface area contributed by atoms with Crippen LogP contribution in [0.1, 0.15) is 18.7 Å². The van der Waals surface area contributed by atoms with Gasteiger partial charge in [0, 0.05) is 12.2 Å². The van der Waals surface area contributed by atoms with Gasteiger partial charge in [0.15, 0.2) is 0 Å². The van der Waals surface area contributed by atoms with E-state index in [1.54, 1.807) is 6.92 Å². The predicted molar refractivity (Wildman–Crippen MR) is 41.8 cm³/mol. The summed E-state index contributed by atoms with van der Waals surface area (Å²) in [4.78, 5) is 3.84. The van der Waals surface area contributed by atoms with Gasteiger partial charge in [0.25, 0.3) is 0 Å². The van der Waals surface area contributed by atoms with Crippen LogP contribution in [0.25, 0.3) is 0 Å². The smallest absolute Gasteiger partial charge is 0.145 e. The molecule has 0 aliphatic rings. The maximum absolute atomic E-state index is 12.7. The SMILES string of the molecule is C[C@@H](N)c1nccc(F)c1Cl. The Hall–Kier alpha value is -0.670. The lowest BCUT2D eigenvalue weighted by atomic mass is 10.2. The van der Waals surface area contributed by atoms with E-state index in [1.807, 2.05) is 0 Å². The molecule has 0 spiro atoms. The predicted octanol–water partition coefficient (Wildman–Crippen LogP) is 1.89. The summed E-state index contributed by atoms with van der Waals surface area (Å²) in [6.45, 7) is 1.70. The van der Waals surface area contributed by atoms with E-state index >= 15 is 0 Å². The van der Waals surface area contributed by atoms with Crippen molar-refractivity contribution in [1.29, 1.82) is 0 Å². The molecule has 0 unspecified atom stereocenters. The molecule has 0 bridgehead atoms. The van der Waals surface area contributed by atoms with E-state index in [-0.39, 0.29) is 11.1 Å². The minimum Gasteiger partial charge on any atom is -0.323 e. The van der Waals surface area contributed by atoms with Gasteiger partial charge in [0.2, 0.25) is 0 Å². The summed E-state index contributed by atoms with van der Waals surface area (Å²) >= 11 is 5.57. The molecule has 0 aliphatic carbocycles. The number of nitrogens with zero attached hydrogens (tertiary/aromatic N) is 1. The lowest BCUT2D eigenvalue weighted by Gasteiger charge is -2.05. The minimum absolute atomic E-state index is 0.0162. The van der Waals surface area contributed by atoms with Crippen LogP contribution in [0.2, 0.25) is 5.02 Å².